The van der Waals surface area contributed by atoms with Crippen LogP contribution in [-0.4, -0.2) is 11.4 Å². The van der Waals surface area contributed by atoms with Gasteiger partial charge in [0, 0.05) is 11.1 Å². The fourth-order valence-corrected chi connectivity index (χ4v) is 1.10. The Kier molecular flexibility index (Phi) is 4.74. The molecule has 0 unspecified atom stereocenters. The minimum atomic E-state index is -0.105. The molecule has 0 saturated heterocycles. The third kappa shape index (κ3) is 5.45. The van der Waals surface area contributed by atoms with E-state index in [0.29, 0.717) is 5.57 Å². The quantitative estimate of drug-likeness (QED) is 0.652. The largest absolute Gasteiger partial charge is 0.347 e. The highest BCUT2D eigenvalue weighted by molar-refractivity contribution is 5.92. The van der Waals surface area contributed by atoms with Crippen molar-refractivity contribution < 1.29 is 4.79 Å². The van der Waals surface area contributed by atoms with Gasteiger partial charge >= 0.3 is 0 Å². The molecular weight excluding hydrogens is 162 g/mol. The van der Waals surface area contributed by atoms with Gasteiger partial charge in [0.2, 0.25) is 5.91 Å². The minimum Gasteiger partial charge on any atom is -0.347 e. The molecule has 1 amide bonds. The summed E-state index contributed by atoms with van der Waals surface area (Å²) >= 11 is 0. The first-order valence-corrected chi connectivity index (χ1v) is 4.87. The van der Waals surface area contributed by atoms with Crippen molar-refractivity contribution in [3.05, 3.63) is 12.2 Å². The van der Waals surface area contributed by atoms with Crippen LogP contribution in [0.1, 0.15) is 47.0 Å². The summed E-state index contributed by atoms with van der Waals surface area (Å²) in [5.41, 5.74) is 0.469. The summed E-state index contributed by atoms with van der Waals surface area (Å²) < 4.78 is 0. The highest BCUT2D eigenvalue weighted by atomic mass is 16.1. The van der Waals surface area contributed by atoms with E-state index in [2.05, 4.69) is 18.8 Å². The molecule has 0 aliphatic heterocycles. The number of hydrogen-bond donors (Lipinski definition) is 1. The van der Waals surface area contributed by atoms with E-state index in [0.717, 1.165) is 19.3 Å². The lowest BCUT2D eigenvalue weighted by Gasteiger charge is -2.26. The second-order valence-electron chi connectivity index (χ2n) is 4.22. The lowest BCUT2D eigenvalue weighted by molar-refractivity contribution is -0.119. The van der Waals surface area contributed by atoms with Crippen LogP contribution in [0.2, 0.25) is 0 Å². The van der Waals surface area contributed by atoms with Crippen LogP contribution < -0.4 is 5.32 Å². The Morgan fingerprint density at radius 2 is 2.00 bits per heavy atom. The molecular formula is C11H21NO. The van der Waals surface area contributed by atoms with Gasteiger partial charge in [0.15, 0.2) is 0 Å². The Balaban J connectivity index is 4.00. The van der Waals surface area contributed by atoms with E-state index in [4.69, 9.17) is 0 Å². The summed E-state index contributed by atoms with van der Waals surface area (Å²) in [5, 5.41) is 2.95. The molecule has 0 fully saturated rings. The molecule has 76 valence electrons. The van der Waals surface area contributed by atoms with Gasteiger partial charge in [0.1, 0.15) is 0 Å². The van der Waals surface area contributed by atoms with Crippen molar-refractivity contribution in [3.8, 4) is 0 Å². The van der Waals surface area contributed by atoms with Crippen molar-refractivity contribution in [2.75, 3.05) is 0 Å². The average molecular weight is 183 g/mol. The molecule has 2 nitrogen and oxygen atoms in total. The lowest BCUT2D eigenvalue weighted by atomic mass is 9.97. The first-order chi connectivity index (χ1) is 5.89. The molecule has 0 atom stereocenters. The molecule has 0 bridgehead atoms. The predicted molar refractivity (Wildman–Crippen MR) is 56.6 cm³/mol. The molecule has 0 aromatic rings. The molecule has 2 heteroatoms. The SMILES string of the molecule is C=C(C)C(=O)NC(C)(C)CCCC. The topological polar surface area (TPSA) is 29.1 Å². The Bertz CT molecular complexity index is 194. The van der Waals surface area contributed by atoms with Crippen LogP contribution in [0.25, 0.3) is 0 Å². The highest BCUT2D eigenvalue weighted by Crippen LogP contribution is 2.13. The number of unbranched alkanes of at least 4 members (excludes halogenated alkanes) is 1. The maximum absolute atomic E-state index is 11.3. The van der Waals surface area contributed by atoms with Gasteiger partial charge in [0.05, 0.1) is 0 Å². The molecule has 0 radical (unpaired) electrons. The van der Waals surface area contributed by atoms with Crippen LogP contribution >= 0.6 is 0 Å². The summed E-state index contributed by atoms with van der Waals surface area (Å²) in [6.07, 6.45) is 3.32. The lowest BCUT2D eigenvalue weighted by Crippen LogP contribution is -2.43. The van der Waals surface area contributed by atoms with Gasteiger partial charge in [-0.2, -0.15) is 0 Å². The van der Waals surface area contributed by atoms with Gasteiger partial charge in [0.25, 0.3) is 0 Å². The van der Waals surface area contributed by atoms with Crippen molar-refractivity contribution in [1.82, 2.24) is 5.32 Å². The molecule has 0 aromatic heterocycles. The number of carbonyl (C=O) groups excluding carboxylic acids is 1. The minimum absolute atomic E-state index is 0.0406. The van der Waals surface area contributed by atoms with Crippen LogP contribution in [-0.2, 0) is 4.79 Å². The van der Waals surface area contributed by atoms with Gasteiger partial charge in [-0.25, -0.2) is 0 Å². The summed E-state index contributed by atoms with van der Waals surface area (Å²) in [4.78, 5) is 11.3. The number of rotatable bonds is 5. The fourth-order valence-electron chi connectivity index (χ4n) is 1.10. The van der Waals surface area contributed by atoms with Crippen molar-refractivity contribution in [3.63, 3.8) is 0 Å². The zero-order valence-corrected chi connectivity index (χ0v) is 9.24. The zero-order chi connectivity index (χ0) is 10.5. The molecule has 0 aromatic carbocycles. The molecule has 0 saturated carbocycles. The monoisotopic (exact) mass is 183 g/mol. The number of carbonyl (C=O) groups is 1. The van der Waals surface area contributed by atoms with E-state index in [-0.39, 0.29) is 11.4 Å². The third-order valence-electron chi connectivity index (χ3n) is 1.99. The second-order valence-corrected chi connectivity index (χ2v) is 4.22. The van der Waals surface area contributed by atoms with Crippen molar-refractivity contribution in [2.24, 2.45) is 0 Å². The Morgan fingerprint density at radius 3 is 2.38 bits per heavy atom. The van der Waals surface area contributed by atoms with Crippen LogP contribution in [0, 0.1) is 0 Å². The van der Waals surface area contributed by atoms with E-state index in [1.54, 1.807) is 6.92 Å². The second kappa shape index (κ2) is 5.05. The van der Waals surface area contributed by atoms with Gasteiger partial charge in [-0.15, -0.1) is 0 Å². The van der Waals surface area contributed by atoms with Gasteiger partial charge < -0.3 is 5.32 Å². The standard InChI is InChI=1S/C11H21NO/c1-6-7-8-11(4,5)12-10(13)9(2)3/h2,6-8H2,1,3-5H3,(H,12,13). The molecule has 0 rings (SSSR count). The van der Waals surface area contributed by atoms with Crippen LogP contribution in [0.4, 0.5) is 0 Å². The van der Waals surface area contributed by atoms with E-state index in [1.807, 2.05) is 13.8 Å². The van der Waals surface area contributed by atoms with Crippen molar-refractivity contribution in [2.45, 2.75) is 52.5 Å². The molecule has 0 aliphatic rings. The fraction of sp³-hybridized carbons (Fsp3) is 0.727. The first kappa shape index (κ1) is 12.2. The molecule has 0 aliphatic carbocycles. The van der Waals surface area contributed by atoms with Gasteiger partial charge in [-0.3, -0.25) is 4.79 Å². The van der Waals surface area contributed by atoms with Crippen LogP contribution in [0.15, 0.2) is 12.2 Å². The first-order valence-electron chi connectivity index (χ1n) is 4.87. The number of nitrogens with one attached hydrogen (secondary N) is 1. The smallest absolute Gasteiger partial charge is 0.246 e. The Labute approximate surface area is 81.4 Å². The third-order valence-corrected chi connectivity index (χ3v) is 1.99. The molecule has 0 spiro atoms. The van der Waals surface area contributed by atoms with E-state index < -0.39 is 0 Å². The van der Waals surface area contributed by atoms with E-state index >= 15 is 0 Å². The predicted octanol–water partition coefficient (Wildman–Crippen LogP) is 2.65. The summed E-state index contributed by atoms with van der Waals surface area (Å²) in [6.45, 7) is 11.6. The molecule has 1 N–H and O–H groups in total. The zero-order valence-electron chi connectivity index (χ0n) is 9.24. The van der Waals surface area contributed by atoms with E-state index in [1.165, 1.54) is 0 Å². The Hall–Kier alpha value is -0.790. The van der Waals surface area contributed by atoms with Crippen molar-refractivity contribution in [1.29, 1.82) is 0 Å². The number of amides is 1. The van der Waals surface area contributed by atoms with Crippen LogP contribution in [0.3, 0.4) is 0 Å². The molecule has 0 heterocycles. The average Bonchev–Trinajstić information content (AvgIpc) is 2.00. The summed E-state index contributed by atoms with van der Waals surface area (Å²) in [5.74, 6) is -0.0406. The summed E-state index contributed by atoms with van der Waals surface area (Å²) in [6, 6.07) is 0. The highest BCUT2D eigenvalue weighted by Gasteiger charge is 2.19. The molecule has 13 heavy (non-hydrogen) atoms. The maximum Gasteiger partial charge on any atom is 0.246 e. The summed E-state index contributed by atoms with van der Waals surface area (Å²) in [7, 11) is 0. The van der Waals surface area contributed by atoms with Crippen LogP contribution in [0.5, 0.6) is 0 Å². The normalized spacial score (nSPS) is 11.1. The maximum atomic E-state index is 11.3. The Morgan fingerprint density at radius 1 is 1.46 bits per heavy atom. The van der Waals surface area contributed by atoms with Gasteiger partial charge in [-0.05, 0) is 27.2 Å². The number of hydrogen-bond acceptors (Lipinski definition) is 1. The van der Waals surface area contributed by atoms with Gasteiger partial charge in [-0.1, -0.05) is 26.3 Å². The van der Waals surface area contributed by atoms with E-state index in [9.17, 15) is 4.79 Å². The van der Waals surface area contributed by atoms with Crippen molar-refractivity contribution >= 4 is 5.91 Å².